The normalized spacial score (nSPS) is 11.0. The number of hydrogen-bond acceptors (Lipinski definition) is 3. The molecule has 0 spiro atoms. The van der Waals surface area contributed by atoms with Crippen LogP contribution in [0.15, 0.2) is 66.9 Å². The number of carbonyl (C=O) groups is 1. The highest BCUT2D eigenvalue weighted by Crippen LogP contribution is 2.16. The predicted octanol–water partition coefficient (Wildman–Crippen LogP) is 4.29. The number of aromatic nitrogens is 4. The third kappa shape index (κ3) is 4.64. The predicted molar refractivity (Wildman–Crippen MR) is 126 cm³/mol. The molecule has 0 atom stereocenters. The molecule has 2 aromatic carbocycles. The molecule has 0 saturated carbocycles. The highest BCUT2D eigenvalue weighted by molar-refractivity contribution is 5.95. The Morgan fingerprint density at radius 2 is 1.50 bits per heavy atom. The average Bonchev–Trinajstić information content (AvgIpc) is 3.33. The first-order valence-electron chi connectivity index (χ1n) is 11.0. The first-order valence-corrected chi connectivity index (χ1v) is 11.0. The SMILES string of the molecule is CCc1c(C(=O)NCc2c(C)nn(Cc3ccccc3)c2C)cnn1Cc1ccccc1. The summed E-state index contributed by atoms with van der Waals surface area (Å²) in [6.45, 7) is 7.91. The van der Waals surface area contributed by atoms with Crippen molar-refractivity contribution in [3.8, 4) is 0 Å². The Morgan fingerprint density at radius 3 is 2.09 bits per heavy atom. The molecular formula is C26H29N5O. The summed E-state index contributed by atoms with van der Waals surface area (Å²) in [5, 5.41) is 12.3. The Kier molecular flexibility index (Phi) is 6.50. The van der Waals surface area contributed by atoms with Gasteiger partial charge in [-0.15, -0.1) is 0 Å². The third-order valence-corrected chi connectivity index (χ3v) is 5.84. The van der Waals surface area contributed by atoms with Gasteiger partial charge in [0.2, 0.25) is 0 Å². The van der Waals surface area contributed by atoms with Crippen LogP contribution in [-0.2, 0) is 26.1 Å². The van der Waals surface area contributed by atoms with Gasteiger partial charge < -0.3 is 5.32 Å². The topological polar surface area (TPSA) is 64.7 Å². The standard InChI is InChI=1S/C26H29N5O/c1-4-25-24(16-28-31(25)18-22-13-9-6-10-14-22)26(32)27-15-23-19(2)29-30(20(23)3)17-21-11-7-5-8-12-21/h5-14,16H,4,15,17-18H2,1-3H3,(H,27,32). The van der Waals surface area contributed by atoms with Crippen molar-refractivity contribution in [3.05, 3.63) is 106 Å². The minimum atomic E-state index is -0.101. The van der Waals surface area contributed by atoms with Crippen molar-refractivity contribution in [2.24, 2.45) is 0 Å². The average molecular weight is 428 g/mol. The van der Waals surface area contributed by atoms with E-state index in [9.17, 15) is 4.79 Å². The van der Waals surface area contributed by atoms with Gasteiger partial charge in [0, 0.05) is 17.8 Å². The summed E-state index contributed by atoms with van der Waals surface area (Å²) in [6, 6.07) is 20.4. The van der Waals surface area contributed by atoms with Crippen LogP contribution in [0.25, 0.3) is 0 Å². The molecule has 2 heterocycles. The molecule has 164 valence electrons. The Balaban J connectivity index is 1.46. The van der Waals surface area contributed by atoms with Crippen molar-refractivity contribution < 1.29 is 4.79 Å². The minimum absolute atomic E-state index is 0.101. The number of nitrogens with zero attached hydrogens (tertiary/aromatic N) is 4. The van der Waals surface area contributed by atoms with E-state index < -0.39 is 0 Å². The van der Waals surface area contributed by atoms with Gasteiger partial charge in [-0.05, 0) is 31.4 Å². The van der Waals surface area contributed by atoms with Crippen LogP contribution in [0, 0.1) is 13.8 Å². The van der Waals surface area contributed by atoms with Crippen LogP contribution in [0.5, 0.6) is 0 Å². The molecule has 1 amide bonds. The molecule has 0 unspecified atom stereocenters. The van der Waals surface area contributed by atoms with E-state index in [2.05, 4.69) is 53.6 Å². The molecule has 0 aliphatic rings. The minimum Gasteiger partial charge on any atom is -0.348 e. The number of aryl methyl sites for hydroxylation is 1. The summed E-state index contributed by atoms with van der Waals surface area (Å²) in [5.74, 6) is -0.101. The number of benzene rings is 2. The van der Waals surface area contributed by atoms with Gasteiger partial charge in [0.15, 0.2) is 0 Å². The summed E-state index contributed by atoms with van der Waals surface area (Å²) < 4.78 is 3.92. The Hall–Kier alpha value is -3.67. The quantitative estimate of drug-likeness (QED) is 0.456. The lowest BCUT2D eigenvalue weighted by molar-refractivity contribution is 0.0949. The molecule has 0 aliphatic carbocycles. The van der Waals surface area contributed by atoms with Crippen molar-refractivity contribution in [2.75, 3.05) is 0 Å². The summed E-state index contributed by atoms with van der Waals surface area (Å²) in [4.78, 5) is 13.0. The highest BCUT2D eigenvalue weighted by Gasteiger charge is 2.18. The molecule has 0 radical (unpaired) electrons. The zero-order valence-corrected chi connectivity index (χ0v) is 18.9. The van der Waals surface area contributed by atoms with Crippen molar-refractivity contribution in [1.82, 2.24) is 24.9 Å². The molecule has 0 saturated heterocycles. The third-order valence-electron chi connectivity index (χ3n) is 5.84. The maximum atomic E-state index is 13.0. The van der Waals surface area contributed by atoms with Crippen LogP contribution in [0.2, 0.25) is 0 Å². The van der Waals surface area contributed by atoms with E-state index in [0.717, 1.165) is 34.6 Å². The molecule has 6 nitrogen and oxygen atoms in total. The number of hydrogen-bond donors (Lipinski definition) is 1. The second kappa shape index (κ2) is 9.64. The zero-order chi connectivity index (χ0) is 22.5. The van der Waals surface area contributed by atoms with E-state index in [0.29, 0.717) is 25.2 Å². The fraction of sp³-hybridized carbons (Fsp3) is 0.269. The van der Waals surface area contributed by atoms with Crippen LogP contribution in [0.3, 0.4) is 0 Å². The molecule has 0 bridgehead atoms. The van der Waals surface area contributed by atoms with Crippen molar-refractivity contribution in [3.63, 3.8) is 0 Å². The maximum absolute atomic E-state index is 13.0. The molecule has 1 N–H and O–H groups in total. The highest BCUT2D eigenvalue weighted by atomic mass is 16.1. The van der Waals surface area contributed by atoms with Gasteiger partial charge in [-0.2, -0.15) is 10.2 Å². The molecular weight excluding hydrogens is 398 g/mol. The van der Waals surface area contributed by atoms with Gasteiger partial charge in [0.25, 0.3) is 5.91 Å². The number of rotatable bonds is 8. The van der Waals surface area contributed by atoms with E-state index in [1.807, 2.05) is 52.7 Å². The fourth-order valence-electron chi connectivity index (χ4n) is 4.03. The number of carbonyl (C=O) groups excluding carboxylic acids is 1. The molecule has 4 aromatic rings. The lowest BCUT2D eigenvalue weighted by Crippen LogP contribution is -2.24. The van der Waals surface area contributed by atoms with E-state index in [-0.39, 0.29) is 5.91 Å². The van der Waals surface area contributed by atoms with Crippen molar-refractivity contribution in [2.45, 2.75) is 46.8 Å². The first kappa shape index (κ1) is 21.6. The Bertz CT molecular complexity index is 1190. The summed E-state index contributed by atoms with van der Waals surface area (Å²) in [7, 11) is 0. The van der Waals surface area contributed by atoms with E-state index in [1.165, 1.54) is 5.56 Å². The van der Waals surface area contributed by atoms with Crippen LogP contribution in [-0.4, -0.2) is 25.5 Å². The second-order valence-electron chi connectivity index (χ2n) is 7.98. The van der Waals surface area contributed by atoms with Gasteiger partial charge in [0.05, 0.1) is 36.2 Å². The van der Waals surface area contributed by atoms with Gasteiger partial charge in [-0.3, -0.25) is 14.2 Å². The van der Waals surface area contributed by atoms with Crippen LogP contribution >= 0.6 is 0 Å². The van der Waals surface area contributed by atoms with Crippen molar-refractivity contribution >= 4 is 5.91 Å². The first-order chi connectivity index (χ1) is 15.6. The number of nitrogens with one attached hydrogen (secondary N) is 1. The Labute approximate surface area is 188 Å². The van der Waals surface area contributed by atoms with Crippen LogP contribution in [0.4, 0.5) is 0 Å². The second-order valence-corrected chi connectivity index (χ2v) is 7.98. The van der Waals surface area contributed by atoms with Crippen LogP contribution < -0.4 is 5.32 Å². The van der Waals surface area contributed by atoms with Crippen LogP contribution in [0.1, 0.15) is 51.1 Å². The number of amides is 1. The van der Waals surface area contributed by atoms with Gasteiger partial charge in [-0.1, -0.05) is 67.6 Å². The summed E-state index contributed by atoms with van der Waals surface area (Å²) in [5.41, 5.74) is 7.01. The zero-order valence-electron chi connectivity index (χ0n) is 18.9. The lowest BCUT2D eigenvalue weighted by Gasteiger charge is -2.09. The van der Waals surface area contributed by atoms with E-state index >= 15 is 0 Å². The summed E-state index contributed by atoms with van der Waals surface area (Å²) in [6.07, 6.45) is 2.41. The van der Waals surface area contributed by atoms with E-state index in [1.54, 1.807) is 6.20 Å². The van der Waals surface area contributed by atoms with Gasteiger partial charge >= 0.3 is 0 Å². The molecule has 32 heavy (non-hydrogen) atoms. The largest absolute Gasteiger partial charge is 0.348 e. The molecule has 6 heteroatoms. The molecule has 4 rings (SSSR count). The Morgan fingerprint density at radius 1 is 0.906 bits per heavy atom. The maximum Gasteiger partial charge on any atom is 0.255 e. The monoisotopic (exact) mass is 427 g/mol. The lowest BCUT2D eigenvalue weighted by atomic mass is 10.1. The summed E-state index contributed by atoms with van der Waals surface area (Å²) >= 11 is 0. The van der Waals surface area contributed by atoms with E-state index in [4.69, 9.17) is 0 Å². The molecule has 0 fully saturated rings. The molecule has 0 aliphatic heterocycles. The smallest absolute Gasteiger partial charge is 0.255 e. The van der Waals surface area contributed by atoms with Crippen molar-refractivity contribution in [1.29, 1.82) is 0 Å². The van der Waals surface area contributed by atoms with Gasteiger partial charge in [0.1, 0.15) is 0 Å². The van der Waals surface area contributed by atoms with Gasteiger partial charge in [-0.25, -0.2) is 0 Å². The fourth-order valence-corrected chi connectivity index (χ4v) is 4.03. The molecule has 2 aromatic heterocycles.